The zero-order chi connectivity index (χ0) is 19.5. The van der Waals surface area contributed by atoms with Gasteiger partial charge in [-0.1, -0.05) is 0 Å². The number of carbonyl (C=O) groups is 1. The molecule has 1 aliphatic heterocycles. The Bertz CT molecular complexity index is 1020. The van der Waals surface area contributed by atoms with Crippen LogP contribution in [0.25, 0.3) is 10.9 Å². The van der Waals surface area contributed by atoms with Crippen molar-refractivity contribution in [2.45, 2.75) is 0 Å². The second-order valence-corrected chi connectivity index (χ2v) is 6.04. The van der Waals surface area contributed by atoms with Gasteiger partial charge in [0.1, 0.15) is 30.4 Å². The van der Waals surface area contributed by atoms with E-state index < -0.39 is 0 Å². The summed E-state index contributed by atoms with van der Waals surface area (Å²) in [7, 11) is 3.14. The molecule has 0 fully saturated rings. The molecule has 0 bridgehead atoms. The molecule has 0 aliphatic carbocycles. The highest BCUT2D eigenvalue weighted by Gasteiger charge is 2.15. The van der Waals surface area contributed by atoms with Crippen LogP contribution in [-0.4, -0.2) is 44.5 Å². The van der Waals surface area contributed by atoms with Crippen molar-refractivity contribution >= 4 is 23.0 Å². The van der Waals surface area contributed by atoms with Crippen LogP contribution in [-0.2, 0) is 0 Å². The molecule has 1 amide bonds. The standard InChI is InChI=1S/C20H19N3O5/c1-25-15-5-6-17(26-2)19-13(15)10-14(22-19)20(24)23-21-11-12-3-4-16-18(9-12)28-8-7-27-16/h3-6,9-11,22H,7-8H2,1-2H3,(H,23,24). The number of H-pyrrole nitrogens is 1. The van der Waals surface area contributed by atoms with Gasteiger partial charge >= 0.3 is 0 Å². The summed E-state index contributed by atoms with van der Waals surface area (Å²) in [6.45, 7) is 1.05. The number of amides is 1. The molecule has 1 aliphatic rings. The van der Waals surface area contributed by atoms with Gasteiger partial charge in [-0.25, -0.2) is 5.43 Å². The lowest BCUT2D eigenvalue weighted by Gasteiger charge is -2.18. The SMILES string of the molecule is COc1ccc(OC)c2[nH]c(C(=O)NN=Cc3ccc4c(c3)OCCO4)cc12. The van der Waals surface area contributed by atoms with Crippen molar-refractivity contribution in [1.82, 2.24) is 10.4 Å². The number of benzene rings is 2. The molecule has 2 N–H and O–H groups in total. The molecule has 4 rings (SSSR count). The largest absolute Gasteiger partial charge is 0.496 e. The van der Waals surface area contributed by atoms with E-state index in [0.29, 0.717) is 47.4 Å². The predicted octanol–water partition coefficient (Wildman–Crippen LogP) is 2.72. The lowest BCUT2D eigenvalue weighted by Crippen LogP contribution is -2.18. The van der Waals surface area contributed by atoms with Crippen LogP contribution in [0.2, 0.25) is 0 Å². The molecule has 144 valence electrons. The number of hydrazone groups is 1. The maximum Gasteiger partial charge on any atom is 0.287 e. The highest BCUT2D eigenvalue weighted by molar-refractivity contribution is 6.01. The maximum atomic E-state index is 12.5. The van der Waals surface area contributed by atoms with Gasteiger partial charge in [0.2, 0.25) is 0 Å². The second kappa shape index (κ2) is 7.51. The molecule has 28 heavy (non-hydrogen) atoms. The summed E-state index contributed by atoms with van der Waals surface area (Å²) in [6.07, 6.45) is 1.54. The Balaban J connectivity index is 1.51. The van der Waals surface area contributed by atoms with Gasteiger partial charge in [-0.05, 0) is 42.0 Å². The molecule has 2 heterocycles. The lowest BCUT2D eigenvalue weighted by atomic mass is 10.2. The number of nitrogens with one attached hydrogen (secondary N) is 2. The summed E-state index contributed by atoms with van der Waals surface area (Å²) in [5.41, 5.74) is 4.32. The molecule has 3 aromatic rings. The van der Waals surface area contributed by atoms with E-state index in [1.165, 1.54) is 0 Å². The summed E-state index contributed by atoms with van der Waals surface area (Å²) in [6, 6.07) is 10.7. The molecule has 0 spiro atoms. The number of hydrogen-bond acceptors (Lipinski definition) is 6. The fourth-order valence-electron chi connectivity index (χ4n) is 3.00. The summed E-state index contributed by atoms with van der Waals surface area (Å²) in [4.78, 5) is 15.5. The third-order valence-electron chi connectivity index (χ3n) is 4.35. The van der Waals surface area contributed by atoms with Crippen LogP contribution in [0.3, 0.4) is 0 Å². The fraction of sp³-hybridized carbons (Fsp3) is 0.200. The quantitative estimate of drug-likeness (QED) is 0.524. The zero-order valence-corrected chi connectivity index (χ0v) is 15.4. The number of methoxy groups -OCH3 is 2. The minimum absolute atomic E-state index is 0.345. The smallest absolute Gasteiger partial charge is 0.287 e. The summed E-state index contributed by atoms with van der Waals surface area (Å²) < 4.78 is 21.7. The first-order valence-electron chi connectivity index (χ1n) is 8.66. The molecular weight excluding hydrogens is 362 g/mol. The first-order valence-corrected chi connectivity index (χ1v) is 8.66. The Morgan fingerprint density at radius 3 is 2.61 bits per heavy atom. The Labute approximate surface area is 161 Å². The van der Waals surface area contributed by atoms with E-state index in [1.807, 2.05) is 18.2 Å². The third kappa shape index (κ3) is 3.32. The Morgan fingerprint density at radius 1 is 1.07 bits per heavy atom. The first-order chi connectivity index (χ1) is 13.7. The van der Waals surface area contributed by atoms with Gasteiger partial charge in [-0.15, -0.1) is 0 Å². The van der Waals surface area contributed by atoms with Crippen molar-refractivity contribution in [2.24, 2.45) is 5.10 Å². The van der Waals surface area contributed by atoms with Crippen molar-refractivity contribution in [1.29, 1.82) is 0 Å². The molecule has 8 nitrogen and oxygen atoms in total. The third-order valence-corrected chi connectivity index (χ3v) is 4.35. The molecule has 0 saturated heterocycles. The van der Waals surface area contributed by atoms with Gasteiger partial charge in [0, 0.05) is 5.39 Å². The van der Waals surface area contributed by atoms with Crippen LogP contribution in [0.1, 0.15) is 16.1 Å². The van der Waals surface area contributed by atoms with Gasteiger partial charge in [0.15, 0.2) is 11.5 Å². The van der Waals surface area contributed by atoms with Crippen LogP contribution < -0.4 is 24.4 Å². The molecule has 1 aromatic heterocycles. The number of rotatable bonds is 5. The second-order valence-electron chi connectivity index (χ2n) is 6.04. The van der Waals surface area contributed by atoms with Crippen molar-refractivity contribution in [3.8, 4) is 23.0 Å². The Morgan fingerprint density at radius 2 is 1.82 bits per heavy atom. The molecule has 0 unspecified atom stereocenters. The first kappa shape index (κ1) is 17.7. The predicted molar refractivity (Wildman–Crippen MR) is 104 cm³/mol. The summed E-state index contributed by atoms with van der Waals surface area (Å²) in [5.74, 6) is 2.25. The molecule has 8 heteroatoms. The van der Waals surface area contributed by atoms with E-state index in [2.05, 4.69) is 15.5 Å². The van der Waals surface area contributed by atoms with Crippen LogP contribution in [0.5, 0.6) is 23.0 Å². The van der Waals surface area contributed by atoms with Crippen LogP contribution in [0.15, 0.2) is 41.5 Å². The summed E-state index contributed by atoms with van der Waals surface area (Å²) >= 11 is 0. The van der Waals surface area contributed by atoms with Gasteiger partial charge in [0.05, 0.1) is 26.0 Å². The highest BCUT2D eigenvalue weighted by Crippen LogP contribution is 2.33. The Hall–Kier alpha value is -3.68. The van der Waals surface area contributed by atoms with E-state index in [1.54, 1.807) is 38.6 Å². The van der Waals surface area contributed by atoms with Gasteiger partial charge < -0.3 is 23.9 Å². The van der Waals surface area contributed by atoms with E-state index in [9.17, 15) is 4.79 Å². The molecule has 0 saturated carbocycles. The van der Waals surface area contributed by atoms with Crippen molar-refractivity contribution in [2.75, 3.05) is 27.4 Å². The van der Waals surface area contributed by atoms with Crippen LogP contribution in [0.4, 0.5) is 0 Å². The molecular formula is C20H19N3O5. The van der Waals surface area contributed by atoms with E-state index >= 15 is 0 Å². The molecule has 0 atom stereocenters. The van der Waals surface area contributed by atoms with Crippen molar-refractivity contribution in [3.05, 3.63) is 47.7 Å². The number of aromatic amines is 1. The lowest BCUT2D eigenvalue weighted by molar-refractivity contribution is 0.0951. The highest BCUT2D eigenvalue weighted by atomic mass is 16.6. The minimum atomic E-state index is -0.380. The molecule has 0 radical (unpaired) electrons. The number of ether oxygens (including phenoxy) is 4. The van der Waals surface area contributed by atoms with E-state index in [-0.39, 0.29) is 5.91 Å². The monoisotopic (exact) mass is 381 g/mol. The topological polar surface area (TPSA) is 94.2 Å². The minimum Gasteiger partial charge on any atom is -0.496 e. The zero-order valence-electron chi connectivity index (χ0n) is 15.4. The molecule has 2 aromatic carbocycles. The van der Waals surface area contributed by atoms with Gasteiger partial charge in [-0.3, -0.25) is 4.79 Å². The van der Waals surface area contributed by atoms with Gasteiger partial charge in [-0.2, -0.15) is 5.10 Å². The van der Waals surface area contributed by atoms with Crippen molar-refractivity contribution < 1.29 is 23.7 Å². The van der Waals surface area contributed by atoms with E-state index in [4.69, 9.17) is 18.9 Å². The summed E-state index contributed by atoms with van der Waals surface area (Å²) in [5, 5.41) is 4.77. The number of hydrogen-bond donors (Lipinski definition) is 2. The number of fused-ring (bicyclic) bond motifs is 2. The van der Waals surface area contributed by atoms with Crippen LogP contribution in [0, 0.1) is 0 Å². The number of aromatic nitrogens is 1. The average Bonchev–Trinajstić information content (AvgIpc) is 3.18. The Kier molecular flexibility index (Phi) is 4.76. The van der Waals surface area contributed by atoms with E-state index in [0.717, 1.165) is 10.9 Å². The number of nitrogens with zero attached hydrogens (tertiary/aromatic N) is 1. The van der Waals surface area contributed by atoms with Crippen molar-refractivity contribution in [3.63, 3.8) is 0 Å². The normalized spacial score (nSPS) is 12.9. The average molecular weight is 381 g/mol. The van der Waals surface area contributed by atoms with Crippen LogP contribution >= 0.6 is 0 Å². The van der Waals surface area contributed by atoms with Gasteiger partial charge in [0.25, 0.3) is 5.91 Å². The maximum absolute atomic E-state index is 12.5. The fourth-order valence-corrected chi connectivity index (χ4v) is 3.00. The number of carbonyl (C=O) groups excluding carboxylic acids is 1.